The summed E-state index contributed by atoms with van der Waals surface area (Å²) < 4.78 is 13.9. The van der Waals surface area contributed by atoms with Gasteiger partial charge in [-0.3, -0.25) is 9.78 Å². The Hall–Kier alpha value is -3.22. The van der Waals surface area contributed by atoms with Crippen molar-refractivity contribution in [3.63, 3.8) is 0 Å². The largest absolute Gasteiger partial charge is 0.370 e. The number of piperazine rings is 1. The molecule has 0 aliphatic carbocycles. The molecule has 1 unspecified atom stereocenters. The van der Waals surface area contributed by atoms with Gasteiger partial charge in [0.05, 0.1) is 11.4 Å². The number of carbonyl (C=O) groups excluding carboxylic acids is 1. The van der Waals surface area contributed by atoms with Gasteiger partial charge in [0, 0.05) is 62.7 Å². The first-order chi connectivity index (χ1) is 15.2. The Morgan fingerprint density at radius 2 is 1.81 bits per heavy atom. The number of pyridine rings is 2. The predicted molar refractivity (Wildman–Crippen MR) is 120 cm³/mol. The maximum atomic E-state index is 13.9. The zero-order chi connectivity index (χ0) is 21.2. The van der Waals surface area contributed by atoms with Gasteiger partial charge in [0.25, 0.3) is 0 Å². The van der Waals surface area contributed by atoms with Crippen LogP contribution in [0.25, 0.3) is 10.9 Å². The van der Waals surface area contributed by atoms with Gasteiger partial charge in [-0.25, -0.2) is 9.37 Å². The Bertz CT molecular complexity index is 1070. The van der Waals surface area contributed by atoms with Gasteiger partial charge in [0.2, 0.25) is 5.91 Å². The summed E-state index contributed by atoms with van der Waals surface area (Å²) in [7, 11) is 0. The number of fused-ring (bicyclic) bond motifs is 1. The van der Waals surface area contributed by atoms with Crippen molar-refractivity contribution in [1.82, 2.24) is 14.9 Å². The maximum absolute atomic E-state index is 13.9. The maximum Gasteiger partial charge on any atom is 0.227 e. The minimum atomic E-state index is -0.267. The molecule has 2 aliphatic heterocycles. The van der Waals surface area contributed by atoms with Crippen LogP contribution in [0, 0.1) is 11.7 Å². The van der Waals surface area contributed by atoms with E-state index in [0.29, 0.717) is 6.54 Å². The molecule has 3 aromatic rings. The molecule has 4 heterocycles. The number of piperidine rings is 1. The molecule has 0 spiro atoms. The number of aromatic nitrogens is 2. The fourth-order valence-electron chi connectivity index (χ4n) is 4.73. The molecule has 6 nitrogen and oxygen atoms in total. The van der Waals surface area contributed by atoms with Crippen LogP contribution in [0.1, 0.15) is 12.8 Å². The lowest BCUT2D eigenvalue weighted by Gasteiger charge is -2.40. The summed E-state index contributed by atoms with van der Waals surface area (Å²) in [6, 6.07) is 12.5. The van der Waals surface area contributed by atoms with E-state index in [1.54, 1.807) is 24.5 Å². The Labute approximate surface area is 181 Å². The minimum Gasteiger partial charge on any atom is -0.370 e. The summed E-state index contributed by atoms with van der Waals surface area (Å²) in [6.45, 7) is 4.56. The van der Waals surface area contributed by atoms with Crippen molar-refractivity contribution in [3.05, 3.63) is 60.7 Å². The second-order valence-electron chi connectivity index (χ2n) is 8.28. The highest BCUT2D eigenvalue weighted by Crippen LogP contribution is 2.30. The second kappa shape index (κ2) is 8.49. The van der Waals surface area contributed by atoms with Gasteiger partial charge in [-0.05, 0) is 49.2 Å². The number of amides is 1. The summed E-state index contributed by atoms with van der Waals surface area (Å²) in [5.41, 5.74) is 1.74. The number of nitrogens with zero attached hydrogens (tertiary/aromatic N) is 5. The van der Waals surface area contributed by atoms with Gasteiger partial charge in [-0.15, -0.1) is 0 Å². The number of hydrogen-bond acceptors (Lipinski definition) is 5. The molecule has 2 fully saturated rings. The summed E-state index contributed by atoms with van der Waals surface area (Å²) in [5.74, 6) is 0.897. The lowest BCUT2D eigenvalue weighted by atomic mass is 9.95. The van der Waals surface area contributed by atoms with Crippen molar-refractivity contribution < 1.29 is 9.18 Å². The first-order valence-corrected chi connectivity index (χ1v) is 10.9. The van der Waals surface area contributed by atoms with Gasteiger partial charge < -0.3 is 14.7 Å². The molecule has 2 saturated heterocycles. The summed E-state index contributed by atoms with van der Waals surface area (Å²) in [6.07, 6.45) is 5.41. The standard InChI is InChI=1S/C24H26FN5O/c25-19-6-7-21-20(16-19)22(8-10-26-21)30-11-3-4-18(17-30)24(31)29-14-12-28(13-15-29)23-5-1-2-9-27-23/h1-2,5-10,16,18H,3-4,11-15,17H2. The van der Waals surface area contributed by atoms with Crippen molar-refractivity contribution in [3.8, 4) is 0 Å². The van der Waals surface area contributed by atoms with Crippen molar-refractivity contribution in [2.75, 3.05) is 49.1 Å². The summed E-state index contributed by atoms with van der Waals surface area (Å²) >= 11 is 0. The molecule has 0 N–H and O–H groups in total. The molecule has 2 aliphatic rings. The minimum absolute atomic E-state index is 0.0353. The van der Waals surface area contributed by atoms with Crippen LogP contribution in [-0.2, 0) is 4.79 Å². The van der Waals surface area contributed by atoms with E-state index in [1.165, 1.54) is 6.07 Å². The van der Waals surface area contributed by atoms with Crippen LogP contribution < -0.4 is 9.80 Å². The molecule has 2 aromatic heterocycles. The van der Waals surface area contributed by atoms with Crippen LogP contribution in [0.4, 0.5) is 15.9 Å². The van der Waals surface area contributed by atoms with Gasteiger partial charge in [-0.1, -0.05) is 6.07 Å². The SMILES string of the molecule is O=C(C1CCCN(c2ccnc3ccc(F)cc23)C1)N1CCN(c2ccccn2)CC1. The smallest absolute Gasteiger partial charge is 0.227 e. The van der Waals surface area contributed by atoms with Crippen molar-refractivity contribution >= 4 is 28.3 Å². The van der Waals surface area contributed by atoms with E-state index in [9.17, 15) is 9.18 Å². The quantitative estimate of drug-likeness (QED) is 0.652. The third kappa shape index (κ3) is 4.04. The van der Waals surface area contributed by atoms with Crippen LogP contribution in [0.3, 0.4) is 0 Å². The van der Waals surface area contributed by atoms with E-state index < -0.39 is 0 Å². The highest BCUT2D eigenvalue weighted by Gasteiger charge is 2.31. The van der Waals surface area contributed by atoms with Crippen molar-refractivity contribution in [2.45, 2.75) is 12.8 Å². The molecule has 160 valence electrons. The molecule has 1 amide bonds. The Kier molecular flexibility index (Phi) is 5.40. The number of hydrogen-bond donors (Lipinski definition) is 0. The average Bonchev–Trinajstić information content (AvgIpc) is 2.84. The third-order valence-corrected chi connectivity index (χ3v) is 6.36. The van der Waals surface area contributed by atoms with Crippen LogP contribution in [0.2, 0.25) is 0 Å². The highest BCUT2D eigenvalue weighted by molar-refractivity contribution is 5.92. The Morgan fingerprint density at radius 3 is 2.61 bits per heavy atom. The van der Waals surface area contributed by atoms with Crippen LogP contribution >= 0.6 is 0 Å². The van der Waals surface area contributed by atoms with E-state index in [1.807, 2.05) is 29.2 Å². The molecule has 0 saturated carbocycles. The van der Waals surface area contributed by atoms with E-state index in [0.717, 1.165) is 68.0 Å². The first-order valence-electron chi connectivity index (χ1n) is 10.9. The summed E-state index contributed by atoms with van der Waals surface area (Å²) in [4.78, 5) is 28.5. The number of benzene rings is 1. The first kappa shape index (κ1) is 19.7. The number of rotatable bonds is 3. The molecule has 0 bridgehead atoms. The number of halogens is 1. The van der Waals surface area contributed by atoms with Crippen LogP contribution in [-0.4, -0.2) is 60.0 Å². The molecule has 1 atom stereocenters. The van der Waals surface area contributed by atoms with Crippen LogP contribution in [0.15, 0.2) is 54.9 Å². The molecular weight excluding hydrogens is 393 g/mol. The Balaban J connectivity index is 1.27. The summed E-state index contributed by atoms with van der Waals surface area (Å²) in [5, 5.41) is 0.805. The molecule has 1 aromatic carbocycles. The van der Waals surface area contributed by atoms with Crippen molar-refractivity contribution in [1.29, 1.82) is 0 Å². The van der Waals surface area contributed by atoms with Gasteiger partial charge in [-0.2, -0.15) is 0 Å². The van der Waals surface area contributed by atoms with E-state index >= 15 is 0 Å². The zero-order valence-electron chi connectivity index (χ0n) is 17.5. The molecular formula is C24H26FN5O. The van der Waals surface area contributed by atoms with E-state index in [2.05, 4.69) is 19.8 Å². The third-order valence-electron chi connectivity index (χ3n) is 6.36. The molecule has 31 heavy (non-hydrogen) atoms. The van der Waals surface area contributed by atoms with E-state index in [-0.39, 0.29) is 17.6 Å². The van der Waals surface area contributed by atoms with Gasteiger partial charge in [0.15, 0.2) is 0 Å². The zero-order valence-corrected chi connectivity index (χ0v) is 17.5. The number of carbonyl (C=O) groups is 1. The second-order valence-corrected chi connectivity index (χ2v) is 8.28. The Morgan fingerprint density at radius 1 is 0.935 bits per heavy atom. The van der Waals surface area contributed by atoms with E-state index in [4.69, 9.17) is 0 Å². The van der Waals surface area contributed by atoms with Gasteiger partial charge in [0.1, 0.15) is 11.6 Å². The normalized spacial score (nSPS) is 19.6. The topological polar surface area (TPSA) is 52.6 Å². The fraction of sp³-hybridized carbons (Fsp3) is 0.375. The predicted octanol–water partition coefficient (Wildman–Crippen LogP) is 3.33. The molecule has 0 radical (unpaired) electrons. The van der Waals surface area contributed by atoms with Crippen LogP contribution in [0.5, 0.6) is 0 Å². The lowest BCUT2D eigenvalue weighted by Crippen LogP contribution is -2.52. The lowest BCUT2D eigenvalue weighted by molar-refractivity contribution is -0.136. The average molecular weight is 420 g/mol. The molecule has 7 heteroatoms. The van der Waals surface area contributed by atoms with Gasteiger partial charge >= 0.3 is 0 Å². The highest BCUT2D eigenvalue weighted by atomic mass is 19.1. The molecule has 5 rings (SSSR count). The monoisotopic (exact) mass is 419 g/mol. The fourth-order valence-corrected chi connectivity index (χ4v) is 4.73. The van der Waals surface area contributed by atoms with Crippen molar-refractivity contribution in [2.24, 2.45) is 5.92 Å². The number of anilines is 2.